The van der Waals surface area contributed by atoms with Gasteiger partial charge in [-0.1, -0.05) is 35.9 Å². The Bertz CT molecular complexity index is 750. The maximum absolute atomic E-state index is 12.1. The van der Waals surface area contributed by atoms with E-state index < -0.39 is 5.60 Å². The van der Waals surface area contributed by atoms with E-state index >= 15 is 0 Å². The zero-order chi connectivity index (χ0) is 17.9. The number of ether oxygens (including phenoxy) is 1. The van der Waals surface area contributed by atoms with E-state index in [0.29, 0.717) is 13.1 Å². The molecule has 0 radical (unpaired) electrons. The lowest BCUT2D eigenvalue weighted by Gasteiger charge is -2.30. The van der Waals surface area contributed by atoms with E-state index in [1.165, 1.54) is 5.57 Å². The lowest BCUT2D eigenvalue weighted by Crippen LogP contribution is -2.40. The van der Waals surface area contributed by atoms with Crippen LogP contribution in [0.15, 0.2) is 41.3 Å². The SMILES string of the molecule is CC(C)(C)OC(=O)N1CCC(=Cc2csc(-c3ccccc3)n2)CC1. The van der Waals surface area contributed by atoms with Crippen LogP contribution in [-0.4, -0.2) is 34.7 Å². The minimum Gasteiger partial charge on any atom is -0.444 e. The molecule has 1 aliphatic heterocycles. The third kappa shape index (κ3) is 4.92. The minimum atomic E-state index is -0.443. The van der Waals surface area contributed by atoms with Crippen LogP contribution < -0.4 is 0 Å². The zero-order valence-corrected chi connectivity index (χ0v) is 15.8. The highest BCUT2D eigenvalue weighted by Gasteiger charge is 2.24. The Kier molecular flexibility index (Phi) is 5.23. The fraction of sp³-hybridized carbons (Fsp3) is 0.400. The van der Waals surface area contributed by atoms with Crippen molar-refractivity contribution in [1.29, 1.82) is 0 Å². The molecule has 1 fully saturated rings. The monoisotopic (exact) mass is 356 g/mol. The van der Waals surface area contributed by atoms with Gasteiger partial charge in [0.05, 0.1) is 5.69 Å². The first-order valence-corrected chi connectivity index (χ1v) is 9.47. The van der Waals surface area contributed by atoms with Gasteiger partial charge in [-0.25, -0.2) is 9.78 Å². The summed E-state index contributed by atoms with van der Waals surface area (Å²) in [6.07, 6.45) is 3.69. The molecule has 1 saturated heterocycles. The van der Waals surface area contributed by atoms with Crippen LogP contribution in [0.1, 0.15) is 39.3 Å². The van der Waals surface area contributed by atoms with E-state index in [-0.39, 0.29) is 6.09 Å². The number of benzene rings is 1. The second-order valence-electron chi connectivity index (χ2n) is 7.21. The Morgan fingerprint density at radius 1 is 1.20 bits per heavy atom. The van der Waals surface area contributed by atoms with Crippen LogP contribution in [0.2, 0.25) is 0 Å². The molecule has 5 heteroatoms. The Hall–Kier alpha value is -2.14. The van der Waals surface area contributed by atoms with Crippen LogP contribution in [0.4, 0.5) is 4.79 Å². The summed E-state index contributed by atoms with van der Waals surface area (Å²) in [5.74, 6) is 0. The van der Waals surface area contributed by atoms with Crippen LogP contribution in [0.5, 0.6) is 0 Å². The molecule has 2 aromatic rings. The number of likely N-dealkylation sites (tertiary alicyclic amines) is 1. The van der Waals surface area contributed by atoms with Gasteiger partial charge >= 0.3 is 6.09 Å². The van der Waals surface area contributed by atoms with Crippen molar-refractivity contribution in [3.8, 4) is 10.6 Å². The molecule has 0 N–H and O–H groups in total. The number of carbonyl (C=O) groups excluding carboxylic acids is 1. The van der Waals surface area contributed by atoms with Crippen molar-refractivity contribution < 1.29 is 9.53 Å². The molecule has 1 aliphatic rings. The predicted molar refractivity (Wildman–Crippen MR) is 103 cm³/mol. The molecule has 4 nitrogen and oxygen atoms in total. The average molecular weight is 356 g/mol. The molecule has 132 valence electrons. The number of aromatic nitrogens is 1. The predicted octanol–water partition coefficient (Wildman–Crippen LogP) is 5.22. The molecular formula is C20H24N2O2S. The third-order valence-electron chi connectivity index (χ3n) is 3.95. The molecule has 0 atom stereocenters. The zero-order valence-electron chi connectivity index (χ0n) is 15.0. The maximum Gasteiger partial charge on any atom is 0.410 e. The van der Waals surface area contributed by atoms with Gasteiger partial charge in [0.2, 0.25) is 0 Å². The van der Waals surface area contributed by atoms with Gasteiger partial charge in [0, 0.05) is 24.0 Å². The minimum absolute atomic E-state index is 0.216. The van der Waals surface area contributed by atoms with Crippen LogP contribution in [0, 0.1) is 0 Å². The fourth-order valence-corrected chi connectivity index (χ4v) is 3.51. The Morgan fingerprint density at radius 3 is 2.52 bits per heavy atom. The molecule has 2 heterocycles. The first-order valence-electron chi connectivity index (χ1n) is 8.59. The molecular weight excluding hydrogens is 332 g/mol. The van der Waals surface area contributed by atoms with E-state index in [0.717, 1.165) is 29.1 Å². The normalized spacial score (nSPS) is 15.2. The lowest BCUT2D eigenvalue weighted by molar-refractivity contribution is 0.0237. The standard InChI is InChI=1S/C20H24N2O2S/c1-20(2,3)24-19(23)22-11-9-15(10-12-22)13-17-14-25-18(21-17)16-7-5-4-6-8-16/h4-8,13-14H,9-12H2,1-3H3. The van der Waals surface area contributed by atoms with Crippen molar-refractivity contribution in [2.75, 3.05) is 13.1 Å². The van der Waals surface area contributed by atoms with Crippen molar-refractivity contribution in [3.63, 3.8) is 0 Å². The largest absolute Gasteiger partial charge is 0.444 e. The molecule has 3 rings (SSSR count). The summed E-state index contributed by atoms with van der Waals surface area (Å²) in [5, 5.41) is 3.13. The van der Waals surface area contributed by atoms with Crippen LogP contribution >= 0.6 is 11.3 Å². The van der Waals surface area contributed by atoms with Crippen LogP contribution in [0.3, 0.4) is 0 Å². The topological polar surface area (TPSA) is 42.4 Å². The summed E-state index contributed by atoms with van der Waals surface area (Å²) < 4.78 is 5.44. The van der Waals surface area contributed by atoms with Crippen molar-refractivity contribution in [1.82, 2.24) is 9.88 Å². The summed E-state index contributed by atoms with van der Waals surface area (Å²) in [7, 11) is 0. The van der Waals surface area contributed by atoms with Gasteiger partial charge in [-0.3, -0.25) is 0 Å². The van der Waals surface area contributed by atoms with E-state index in [2.05, 4.69) is 23.6 Å². The highest BCUT2D eigenvalue weighted by atomic mass is 32.1. The van der Waals surface area contributed by atoms with Crippen molar-refractivity contribution in [3.05, 3.63) is 47.0 Å². The summed E-state index contributed by atoms with van der Waals surface area (Å²) in [6.45, 7) is 7.10. The first-order chi connectivity index (χ1) is 11.9. The fourth-order valence-electron chi connectivity index (χ4n) is 2.72. The summed E-state index contributed by atoms with van der Waals surface area (Å²) in [6, 6.07) is 10.2. The van der Waals surface area contributed by atoms with E-state index in [1.54, 1.807) is 16.2 Å². The number of amides is 1. The molecule has 1 aromatic carbocycles. The van der Waals surface area contributed by atoms with Crippen molar-refractivity contribution in [2.24, 2.45) is 0 Å². The second-order valence-corrected chi connectivity index (χ2v) is 8.07. The number of carbonyl (C=O) groups is 1. The Labute approximate surface area is 153 Å². The molecule has 25 heavy (non-hydrogen) atoms. The van der Waals surface area contributed by atoms with Crippen LogP contribution in [0.25, 0.3) is 16.6 Å². The van der Waals surface area contributed by atoms with Gasteiger partial charge in [0.15, 0.2) is 0 Å². The van der Waals surface area contributed by atoms with Crippen molar-refractivity contribution in [2.45, 2.75) is 39.2 Å². The molecule has 1 aromatic heterocycles. The van der Waals surface area contributed by atoms with E-state index in [9.17, 15) is 4.79 Å². The molecule has 0 saturated carbocycles. The van der Waals surface area contributed by atoms with E-state index in [1.807, 2.05) is 39.0 Å². The highest BCUT2D eigenvalue weighted by Crippen LogP contribution is 2.26. The lowest BCUT2D eigenvalue weighted by atomic mass is 10.0. The number of thiazole rings is 1. The number of nitrogens with zero attached hydrogens (tertiary/aromatic N) is 2. The van der Waals surface area contributed by atoms with Gasteiger partial charge in [-0.05, 0) is 39.7 Å². The summed E-state index contributed by atoms with van der Waals surface area (Å²) in [4.78, 5) is 18.6. The summed E-state index contributed by atoms with van der Waals surface area (Å²) in [5.41, 5.74) is 3.05. The van der Waals surface area contributed by atoms with Gasteiger partial charge in [-0.2, -0.15) is 0 Å². The smallest absolute Gasteiger partial charge is 0.410 e. The van der Waals surface area contributed by atoms with Gasteiger partial charge in [-0.15, -0.1) is 11.3 Å². The highest BCUT2D eigenvalue weighted by molar-refractivity contribution is 7.13. The number of rotatable bonds is 2. The van der Waals surface area contributed by atoms with Gasteiger partial charge in [0.1, 0.15) is 10.6 Å². The van der Waals surface area contributed by atoms with Crippen LogP contribution in [-0.2, 0) is 4.74 Å². The second kappa shape index (κ2) is 7.40. The molecule has 0 spiro atoms. The molecule has 0 bridgehead atoms. The van der Waals surface area contributed by atoms with Gasteiger partial charge < -0.3 is 9.64 Å². The quantitative estimate of drug-likeness (QED) is 0.740. The molecule has 0 aliphatic carbocycles. The summed E-state index contributed by atoms with van der Waals surface area (Å²) >= 11 is 1.66. The third-order valence-corrected chi connectivity index (χ3v) is 4.86. The maximum atomic E-state index is 12.1. The van der Waals surface area contributed by atoms with Gasteiger partial charge in [0.25, 0.3) is 0 Å². The number of hydrogen-bond donors (Lipinski definition) is 0. The Balaban J connectivity index is 1.60. The van der Waals surface area contributed by atoms with E-state index in [4.69, 9.17) is 9.72 Å². The first kappa shape index (κ1) is 17.7. The molecule has 0 unspecified atom stereocenters. The average Bonchev–Trinajstić information content (AvgIpc) is 3.03. The Morgan fingerprint density at radius 2 is 1.88 bits per heavy atom. The number of hydrogen-bond acceptors (Lipinski definition) is 4. The number of piperidine rings is 1. The van der Waals surface area contributed by atoms with Crippen molar-refractivity contribution >= 4 is 23.5 Å². The molecule has 1 amide bonds.